The van der Waals surface area contributed by atoms with Crippen molar-refractivity contribution in [2.75, 3.05) is 26.2 Å². The van der Waals surface area contributed by atoms with Crippen LogP contribution in [0.25, 0.3) is 0 Å². The molecule has 0 bridgehead atoms. The largest absolute Gasteiger partial charge is 0.357 e. The zero-order valence-corrected chi connectivity index (χ0v) is 9.89. The van der Waals surface area contributed by atoms with E-state index in [0.29, 0.717) is 13.1 Å². The Bertz CT molecular complexity index is 204. The lowest BCUT2D eigenvalue weighted by molar-refractivity contribution is -0.118. The number of carbonyl (C=O) groups is 1. The highest BCUT2D eigenvalue weighted by atomic mass is 16.1. The van der Waals surface area contributed by atoms with Gasteiger partial charge in [-0.25, -0.2) is 0 Å². The van der Waals surface area contributed by atoms with Crippen molar-refractivity contribution in [2.45, 2.75) is 27.2 Å². The molecule has 1 amide bonds. The van der Waals surface area contributed by atoms with Crippen LogP contribution in [0.3, 0.4) is 0 Å². The SMILES string of the molecule is CCCN=C(NCC)NCCNC(C)=O. The smallest absolute Gasteiger partial charge is 0.216 e. The molecule has 15 heavy (non-hydrogen) atoms. The van der Waals surface area contributed by atoms with Crippen LogP contribution in [0.5, 0.6) is 0 Å². The third-order valence-electron chi connectivity index (χ3n) is 1.63. The summed E-state index contributed by atoms with van der Waals surface area (Å²) in [6.07, 6.45) is 1.03. The van der Waals surface area contributed by atoms with Crippen LogP contribution in [-0.4, -0.2) is 38.0 Å². The summed E-state index contributed by atoms with van der Waals surface area (Å²) in [5, 5.41) is 8.98. The first kappa shape index (κ1) is 13.7. The number of guanidine groups is 1. The number of amides is 1. The highest BCUT2D eigenvalue weighted by molar-refractivity contribution is 5.79. The minimum Gasteiger partial charge on any atom is -0.357 e. The number of carbonyl (C=O) groups excluding carboxylic acids is 1. The van der Waals surface area contributed by atoms with E-state index in [2.05, 4.69) is 27.9 Å². The second-order valence-corrected chi connectivity index (χ2v) is 3.17. The van der Waals surface area contributed by atoms with E-state index < -0.39 is 0 Å². The molecule has 0 atom stereocenters. The predicted molar refractivity (Wildman–Crippen MR) is 63.0 cm³/mol. The Labute approximate surface area is 91.7 Å². The fraction of sp³-hybridized carbons (Fsp3) is 0.800. The number of nitrogens with one attached hydrogen (secondary N) is 3. The molecule has 0 aromatic heterocycles. The van der Waals surface area contributed by atoms with E-state index in [0.717, 1.165) is 25.5 Å². The van der Waals surface area contributed by atoms with Crippen molar-refractivity contribution in [2.24, 2.45) is 4.99 Å². The van der Waals surface area contributed by atoms with E-state index in [1.807, 2.05) is 6.92 Å². The lowest BCUT2D eigenvalue weighted by Crippen LogP contribution is -2.41. The van der Waals surface area contributed by atoms with E-state index in [1.54, 1.807) is 0 Å². The number of aliphatic imine (C=N–C) groups is 1. The van der Waals surface area contributed by atoms with Crippen LogP contribution in [0.4, 0.5) is 0 Å². The summed E-state index contributed by atoms with van der Waals surface area (Å²) in [6.45, 7) is 8.59. The van der Waals surface area contributed by atoms with Crippen LogP contribution in [0.15, 0.2) is 4.99 Å². The molecule has 0 radical (unpaired) electrons. The van der Waals surface area contributed by atoms with E-state index in [9.17, 15) is 4.79 Å². The summed E-state index contributed by atoms with van der Waals surface area (Å²) < 4.78 is 0. The maximum atomic E-state index is 10.6. The Morgan fingerprint density at radius 2 is 1.80 bits per heavy atom. The maximum Gasteiger partial charge on any atom is 0.216 e. The van der Waals surface area contributed by atoms with Gasteiger partial charge in [0.05, 0.1) is 0 Å². The van der Waals surface area contributed by atoms with Gasteiger partial charge in [-0.2, -0.15) is 0 Å². The maximum absolute atomic E-state index is 10.6. The number of hydrogen-bond donors (Lipinski definition) is 3. The van der Waals surface area contributed by atoms with Crippen LogP contribution < -0.4 is 16.0 Å². The van der Waals surface area contributed by atoms with Gasteiger partial charge in [0.25, 0.3) is 0 Å². The van der Waals surface area contributed by atoms with E-state index >= 15 is 0 Å². The predicted octanol–water partition coefficient (Wildman–Crippen LogP) is 0.0876. The molecular weight excluding hydrogens is 192 g/mol. The standard InChI is InChI=1S/C10H22N4O/c1-4-6-13-10(11-5-2)14-8-7-12-9(3)15/h4-8H2,1-3H3,(H,12,15)(H2,11,13,14). The average Bonchev–Trinajstić information content (AvgIpc) is 2.20. The van der Waals surface area contributed by atoms with Crippen molar-refractivity contribution in [1.29, 1.82) is 0 Å². The van der Waals surface area contributed by atoms with Crippen LogP contribution >= 0.6 is 0 Å². The van der Waals surface area contributed by atoms with Gasteiger partial charge in [0.1, 0.15) is 0 Å². The molecule has 0 spiro atoms. The van der Waals surface area contributed by atoms with Gasteiger partial charge in [-0.1, -0.05) is 6.92 Å². The minimum absolute atomic E-state index is 0.00713. The molecule has 0 unspecified atom stereocenters. The summed E-state index contributed by atoms with van der Waals surface area (Å²) in [7, 11) is 0. The van der Waals surface area contributed by atoms with Gasteiger partial charge in [-0.05, 0) is 13.3 Å². The Morgan fingerprint density at radius 3 is 2.33 bits per heavy atom. The lowest BCUT2D eigenvalue weighted by Gasteiger charge is -2.10. The third kappa shape index (κ3) is 9.05. The average molecular weight is 214 g/mol. The van der Waals surface area contributed by atoms with Gasteiger partial charge in [0.15, 0.2) is 5.96 Å². The molecule has 0 aliphatic carbocycles. The molecular formula is C10H22N4O. The zero-order valence-electron chi connectivity index (χ0n) is 9.89. The third-order valence-corrected chi connectivity index (χ3v) is 1.63. The number of hydrogen-bond acceptors (Lipinski definition) is 2. The Kier molecular flexibility index (Phi) is 8.52. The zero-order chi connectivity index (χ0) is 11.5. The van der Waals surface area contributed by atoms with Gasteiger partial charge in [-0.15, -0.1) is 0 Å². The Morgan fingerprint density at radius 1 is 1.13 bits per heavy atom. The molecule has 5 nitrogen and oxygen atoms in total. The summed E-state index contributed by atoms with van der Waals surface area (Å²) in [5.41, 5.74) is 0. The normalized spacial score (nSPS) is 11.0. The van der Waals surface area contributed by atoms with Crippen LogP contribution in [0.1, 0.15) is 27.2 Å². The molecule has 3 N–H and O–H groups in total. The highest BCUT2D eigenvalue weighted by Gasteiger charge is 1.95. The van der Waals surface area contributed by atoms with Crippen molar-refractivity contribution in [1.82, 2.24) is 16.0 Å². The highest BCUT2D eigenvalue weighted by Crippen LogP contribution is 1.78. The van der Waals surface area contributed by atoms with Gasteiger partial charge in [-0.3, -0.25) is 9.79 Å². The lowest BCUT2D eigenvalue weighted by atomic mass is 10.5. The van der Waals surface area contributed by atoms with Crippen molar-refractivity contribution < 1.29 is 4.79 Å². The second kappa shape index (κ2) is 9.30. The summed E-state index contributed by atoms with van der Waals surface area (Å²) in [6, 6.07) is 0. The summed E-state index contributed by atoms with van der Waals surface area (Å²) in [5.74, 6) is 0.803. The summed E-state index contributed by atoms with van der Waals surface area (Å²) >= 11 is 0. The van der Waals surface area contributed by atoms with Gasteiger partial charge >= 0.3 is 0 Å². The molecule has 0 rings (SSSR count). The fourth-order valence-electron chi connectivity index (χ4n) is 0.985. The van der Waals surface area contributed by atoms with E-state index in [-0.39, 0.29) is 5.91 Å². The van der Waals surface area contributed by atoms with Crippen molar-refractivity contribution >= 4 is 11.9 Å². The quantitative estimate of drug-likeness (QED) is 0.333. The van der Waals surface area contributed by atoms with Crippen LogP contribution in [0, 0.1) is 0 Å². The number of rotatable bonds is 6. The van der Waals surface area contributed by atoms with Crippen LogP contribution in [-0.2, 0) is 4.79 Å². The first-order chi connectivity index (χ1) is 7.20. The van der Waals surface area contributed by atoms with E-state index in [1.165, 1.54) is 6.92 Å². The second-order valence-electron chi connectivity index (χ2n) is 3.17. The minimum atomic E-state index is -0.00713. The van der Waals surface area contributed by atoms with E-state index in [4.69, 9.17) is 0 Å². The molecule has 0 saturated heterocycles. The first-order valence-corrected chi connectivity index (χ1v) is 5.47. The molecule has 5 heteroatoms. The molecule has 88 valence electrons. The molecule has 0 saturated carbocycles. The molecule has 0 heterocycles. The van der Waals surface area contributed by atoms with Gasteiger partial charge < -0.3 is 16.0 Å². The fourth-order valence-corrected chi connectivity index (χ4v) is 0.985. The topological polar surface area (TPSA) is 65.5 Å². The molecule has 0 aromatic rings. The van der Waals surface area contributed by atoms with Crippen molar-refractivity contribution in [3.05, 3.63) is 0 Å². The molecule has 0 fully saturated rings. The van der Waals surface area contributed by atoms with Crippen molar-refractivity contribution in [3.63, 3.8) is 0 Å². The van der Waals surface area contributed by atoms with Crippen molar-refractivity contribution in [3.8, 4) is 0 Å². The molecule has 0 aromatic carbocycles. The van der Waals surface area contributed by atoms with Gasteiger partial charge in [0.2, 0.25) is 5.91 Å². The monoisotopic (exact) mass is 214 g/mol. The van der Waals surface area contributed by atoms with Crippen LogP contribution in [0.2, 0.25) is 0 Å². The Hall–Kier alpha value is -1.26. The molecule has 0 aliphatic rings. The van der Waals surface area contributed by atoms with Gasteiger partial charge in [0, 0.05) is 33.1 Å². The molecule has 0 aliphatic heterocycles. The first-order valence-electron chi connectivity index (χ1n) is 5.47. The Balaban J connectivity index is 3.70. The number of nitrogens with zero attached hydrogens (tertiary/aromatic N) is 1. The summed E-state index contributed by atoms with van der Waals surface area (Å²) in [4.78, 5) is 14.9.